The van der Waals surface area contributed by atoms with Crippen LogP contribution in [0.2, 0.25) is 0 Å². The molecule has 2 aromatic rings. The summed E-state index contributed by atoms with van der Waals surface area (Å²) in [6, 6.07) is 3.58. The van der Waals surface area contributed by atoms with Crippen molar-refractivity contribution in [2.75, 3.05) is 7.11 Å². The van der Waals surface area contributed by atoms with Crippen molar-refractivity contribution in [3.63, 3.8) is 0 Å². The number of nitrogens with one attached hydrogen (secondary N) is 2. The molecule has 8 heteroatoms. The third-order valence-corrected chi connectivity index (χ3v) is 3.01. The second-order valence-corrected chi connectivity index (χ2v) is 4.37. The highest BCUT2D eigenvalue weighted by molar-refractivity contribution is 5.97. The average molecular weight is 290 g/mol. The van der Waals surface area contributed by atoms with Gasteiger partial charge in [0, 0.05) is 23.9 Å². The second kappa shape index (κ2) is 6.04. The minimum Gasteiger partial charge on any atom is -0.496 e. The van der Waals surface area contributed by atoms with Crippen LogP contribution in [0.5, 0.6) is 5.75 Å². The standard InChI is InChI=1S/C13H14N4O4/c1-8(9-6-14-15-7-9)16-13(18)11-5-10(17(19)20)3-4-12(11)21-2/h3-8H,1-2H3,(H,14,15)(H,16,18). The van der Waals surface area contributed by atoms with E-state index in [0.29, 0.717) is 0 Å². The van der Waals surface area contributed by atoms with Crippen molar-refractivity contribution in [2.24, 2.45) is 0 Å². The second-order valence-electron chi connectivity index (χ2n) is 4.37. The number of nitro benzene ring substituents is 1. The minimum atomic E-state index is -0.560. The molecule has 2 rings (SSSR count). The van der Waals surface area contributed by atoms with Crippen molar-refractivity contribution >= 4 is 11.6 Å². The average Bonchev–Trinajstić information content (AvgIpc) is 3.00. The van der Waals surface area contributed by atoms with Gasteiger partial charge < -0.3 is 10.1 Å². The molecule has 0 saturated carbocycles. The number of hydrogen-bond donors (Lipinski definition) is 2. The number of aromatic amines is 1. The number of ether oxygens (including phenoxy) is 1. The van der Waals surface area contributed by atoms with Crippen LogP contribution in [0.4, 0.5) is 5.69 Å². The number of carbonyl (C=O) groups is 1. The minimum absolute atomic E-state index is 0.113. The molecule has 0 spiro atoms. The van der Waals surface area contributed by atoms with E-state index in [1.807, 2.05) is 0 Å². The largest absolute Gasteiger partial charge is 0.496 e. The van der Waals surface area contributed by atoms with Gasteiger partial charge in [-0.05, 0) is 13.0 Å². The lowest BCUT2D eigenvalue weighted by molar-refractivity contribution is -0.384. The van der Waals surface area contributed by atoms with Crippen LogP contribution >= 0.6 is 0 Å². The van der Waals surface area contributed by atoms with E-state index in [9.17, 15) is 14.9 Å². The summed E-state index contributed by atoms with van der Waals surface area (Å²) in [6.07, 6.45) is 3.26. The van der Waals surface area contributed by atoms with Crippen LogP contribution in [0.25, 0.3) is 0 Å². The first-order valence-corrected chi connectivity index (χ1v) is 6.15. The molecule has 0 fully saturated rings. The van der Waals surface area contributed by atoms with Crippen LogP contribution in [-0.2, 0) is 0 Å². The molecular formula is C13H14N4O4. The van der Waals surface area contributed by atoms with Crippen molar-refractivity contribution in [1.82, 2.24) is 15.5 Å². The van der Waals surface area contributed by atoms with Gasteiger partial charge in [-0.3, -0.25) is 20.0 Å². The SMILES string of the molecule is COc1ccc([N+](=O)[O-])cc1C(=O)NC(C)c1cn[nH]c1. The van der Waals surface area contributed by atoms with E-state index in [2.05, 4.69) is 15.5 Å². The number of methoxy groups -OCH3 is 1. The maximum absolute atomic E-state index is 12.3. The maximum atomic E-state index is 12.3. The smallest absolute Gasteiger partial charge is 0.270 e. The summed E-state index contributed by atoms with van der Waals surface area (Å²) in [5, 5.41) is 20.0. The van der Waals surface area contributed by atoms with Gasteiger partial charge in [0.25, 0.3) is 11.6 Å². The van der Waals surface area contributed by atoms with Crippen LogP contribution in [-0.4, -0.2) is 28.1 Å². The van der Waals surface area contributed by atoms with Crippen LogP contribution in [0, 0.1) is 10.1 Å². The van der Waals surface area contributed by atoms with Gasteiger partial charge in [-0.25, -0.2) is 0 Å². The molecule has 0 aliphatic heterocycles. The fraction of sp³-hybridized carbons (Fsp3) is 0.231. The summed E-state index contributed by atoms with van der Waals surface area (Å²) >= 11 is 0. The van der Waals surface area contributed by atoms with E-state index >= 15 is 0 Å². The van der Waals surface area contributed by atoms with Crippen molar-refractivity contribution < 1.29 is 14.5 Å². The first kappa shape index (κ1) is 14.5. The summed E-state index contributed by atoms with van der Waals surface area (Å²) < 4.78 is 5.07. The molecule has 21 heavy (non-hydrogen) atoms. The van der Waals surface area contributed by atoms with Gasteiger partial charge in [0.05, 0.1) is 29.8 Å². The Hall–Kier alpha value is -2.90. The predicted molar refractivity (Wildman–Crippen MR) is 74.1 cm³/mol. The Bertz CT molecular complexity index is 654. The van der Waals surface area contributed by atoms with E-state index in [0.717, 1.165) is 5.56 Å². The van der Waals surface area contributed by atoms with E-state index < -0.39 is 10.8 Å². The molecule has 0 aliphatic carbocycles. The molecule has 1 amide bonds. The van der Waals surface area contributed by atoms with Crippen molar-refractivity contribution in [1.29, 1.82) is 0 Å². The number of rotatable bonds is 5. The van der Waals surface area contributed by atoms with Gasteiger partial charge in [0.15, 0.2) is 0 Å². The van der Waals surface area contributed by atoms with Gasteiger partial charge in [0.1, 0.15) is 5.75 Å². The van der Waals surface area contributed by atoms with Gasteiger partial charge >= 0.3 is 0 Å². The Morgan fingerprint density at radius 1 is 1.52 bits per heavy atom. The number of aromatic nitrogens is 2. The number of nitro groups is 1. The van der Waals surface area contributed by atoms with Crippen LogP contribution in [0.1, 0.15) is 28.9 Å². The molecule has 2 N–H and O–H groups in total. The monoisotopic (exact) mass is 290 g/mol. The lowest BCUT2D eigenvalue weighted by Crippen LogP contribution is -2.26. The van der Waals surface area contributed by atoms with Crippen molar-refractivity contribution in [3.8, 4) is 5.75 Å². The quantitative estimate of drug-likeness (QED) is 0.644. The molecule has 110 valence electrons. The number of H-pyrrole nitrogens is 1. The van der Waals surface area contributed by atoms with Gasteiger partial charge in [-0.1, -0.05) is 0 Å². The zero-order chi connectivity index (χ0) is 15.4. The highest BCUT2D eigenvalue weighted by Gasteiger charge is 2.19. The van der Waals surface area contributed by atoms with E-state index in [1.165, 1.54) is 25.3 Å². The lowest BCUT2D eigenvalue weighted by atomic mass is 10.1. The molecule has 1 aromatic heterocycles. The summed E-state index contributed by atoms with van der Waals surface area (Å²) in [5.74, 6) is -0.179. The van der Waals surface area contributed by atoms with Crippen LogP contribution in [0.3, 0.4) is 0 Å². The number of amides is 1. The zero-order valence-electron chi connectivity index (χ0n) is 11.5. The molecular weight excluding hydrogens is 276 g/mol. The summed E-state index contributed by atoms with van der Waals surface area (Å²) in [7, 11) is 1.40. The first-order chi connectivity index (χ1) is 10.0. The topological polar surface area (TPSA) is 110 Å². The normalized spacial score (nSPS) is 11.7. The highest BCUT2D eigenvalue weighted by Crippen LogP contribution is 2.24. The third kappa shape index (κ3) is 3.16. The Labute approximate surface area is 120 Å². The summed E-state index contributed by atoms with van der Waals surface area (Å²) in [4.78, 5) is 22.5. The predicted octanol–water partition coefficient (Wildman–Crippen LogP) is 1.82. The lowest BCUT2D eigenvalue weighted by Gasteiger charge is -2.13. The van der Waals surface area contributed by atoms with E-state index in [-0.39, 0.29) is 23.0 Å². The molecule has 1 heterocycles. The fourth-order valence-electron chi connectivity index (χ4n) is 1.84. The number of benzene rings is 1. The Morgan fingerprint density at radius 3 is 2.86 bits per heavy atom. The zero-order valence-corrected chi connectivity index (χ0v) is 11.5. The van der Waals surface area contributed by atoms with Crippen molar-refractivity contribution in [2.45, 2.75) is 13.0 Å². The Kier molecular flexibility index (Phi) is 4.17. The van der Waals surface area contributed by atoms with Gasteiger partial charge in [-0.15, -0.1) is 0 Å². The van der Waals surface area contributed by atoms with Crippen LogP contribution in [0.15, 0.2) is 30.6 Å². The molecule has 1 aromatic carbocycles. The van der Waals surface area contributed by atoms with E-state index in [1.54, 1.807) is 19.3 Å². The molecule has 1 unspecified atom stereocenters. The molecule has 1 atom stereocenters. The highest BCUT2D eigenvalue weighted by atomic mass is 16.6. The number of nitrogens with zero attached hydrogens (tertiary/aromatic N) is 2. The molecule has 0 aliphatic rings. The summed E-state index contributed by atoms with van der Waals surface area (Å²) in [6.45, 7) is 1.78. The summed E-state index contributed by atoms with van der Waals surface area (Å²) in [5.41, 5.74) is 0.742. The Morgan fingerprint density at radius 2 is 2.29 bits per heavy atom. The fourth-order valence-corrected chi connectivity index (χ4v) is 1.84. The number of carbonyl (C=O) groups excluding carboxylic acids is 1. The Balaban J connectivity index is 2.25. The molecule has 0 saturated heterocycles. The first-order valence-electron chi connectivity index (χ1n) is 6.15. The van der Waals surface area contributed by atoms with Crippen molar-refractivity contribution in [3.05, 3.63) is 51.8 Å². The maximum Gasteiger partial charge on any atom is 0.270 e. The molecule has 0 radical (unpaired) electrons. The van der Waals surface area contributed by atoms with Gasteiger partial charge in [0.2, 0.25) is 0 Å². The molecule has 0 bridgehead atoms. The molecule has 8 nitrogen and oxygen atoms in total. The van der Waals surface area contributed by atoms with Crippen LogP contribution < -0.4 is 10.1 Å². The van der Waals surface area contributed by atoms with Gasteiger partial charge in [-0.2, -0.15) is 5.10 Å². The number of hydrogen-bond acceptors (Lipinski definition) is 5. The number of non-ortho nitro benzene ring substituents is 1. The third-order valence-electron chi connectivity index (χ3n) is 3.01. The van der Waals surface area contributed by atoms with E-state index in [4.69, 9.17) is 4.74 Å².